The topological polar surface area (TPSA) is 58.4 Å². The fourth-order valence-corrected chi connectivity index (χ4v) is 3.34. The van der Waals surface area contributed by atoms with Crippen molar-refractivity contribution in [1.29, 1.82) is 0 Å². The van der Waals surface area contributed by atoms with Crippen LogP contribution in [0.4, 0.5) is 0 Å². The van der Waals surface area contributed by atoms with Crippen LogP contribution < -0.4 is 11.1 Å². The average molecular weight is 307 g/mol. The van der Waals surface area contributed by atoms with E-state index in [0.717, 1.165) is 30.2 Å². The summed E-state index contributed by atoms with van der Waals surface area (Å²) in [7, 11) is 0. The van der Waals surface area contributed by atoms with Gasteiger partial charge in [-0.3, -0.25) is 9.69 Å². The van der Waals surface area contributed by atoms with Gasteiger partial charge in [0.15, 0.2) is 0 Å². The first-order valence-electron chi connectivity index (χ1n) is 7.41. The fraction of sp³-hybridized carbons (Fsp3) is 0.562. The molecule has 1 amide bonds. The summed E-state index contributed by atoms with van der Waals surface area (Å²) >= 11 is 1.95. The summed E-state index contributed by atoms with van der Waals surface area (Å²) in [5, 5.41) is 3.01. The van der Waals surface area contributed by atoms with Crippen LogP contribution in [0.25, 0.3) is 0 Å². The van der Waals surface area contributed by atoms with Crippen LogP contribution in [0.3, 0.4) is 0 Å². The van der Waals surface area contributed by atoms with E-state index in [1.807, 2.05) is 55.9 Å². The molecule has 0 aromatic heterocycles. The Morgan fingerprint density at radius 3 is 2.52 bits per heavy atom. The smallest absolute Gasteiger partial charge is 0.242 e. The molecule has 1 aliphatic rings. The van der Waals surface area contributed by atoms with Gasteiger partial charge in [-0.1, -0.05) is 30.3 Å². The first kappa shape index (κ1) is 16.3. The molecule has 1 saturated heterocycles. The summed E-state index contributed by atoms with van der Waals surface area (Å²) in [6.07, 6.45) is 0. The summed E-state index contributed by atoms with van der Waals surface area (Å²) < 4.78 is 0. The predicted octanol–water partition coefficient (Wildman–Crippen LogP) is 1.63. The Morgan fingerprint density at radius 1 is 1.33 bits per heavy atom. The van der Waals surface area contributed by atoms with Gasteiger partial charge in [0.25, 0.3) is 0 Å². The number of carbonyl (C=O) groups is 1. The number of nitrogens with two attached hydrogens (primary N) is 1. The van der Waals surface area contributed by atoms with Crippen LogP contribution in [0.1, 0.15) is 25.5 Å². The van der Waals surface area contributed by atoms with Crippen molar-refractivity contribution in [3.63, 3.8) is 0 Å². The maximum atomic E-state index is 12.7. The molecule has 0 bridgehead atoms. The van der Waals surface area contributed by atoms with Gasteiger partial charge in [0.05, 0.1) is 0 Å². The largest absolute Gasteiger partial charge is 0.353 e. The zero-order valence-electron chi connectivity index (χ0n) is 12.8. The monoisotopic (exact) mass is 307 g/mol. The highest BCUT2D eigenvalue weighted by atomic mass is 32.2. The van der Waals surface area contributed by atoms with Crippen molar-refractivity contribution in [1.82, 2.24) is 10.2 Å². The molecule has 0 spiro atoms. The van der Waals surface area contributed by atoms with Gasteiger partial charge in [-0.15, -0.1) is 0 Å². The first-order chi connectivity index (χ1) is 9.97. The van der Waals surface area contributed by atoms with Crippen LogP contribution in [0.5, 0.6) is 0 Å². The van der Waals surface area contributed by atoms with E-state index in [9.17, 15) is 4.79 Å². The Balaban J connectivity index is 2.13. The lowest BCUT2D eigenvalue weighted by atomic mass is 10.0. The van der Waals surface area contributed by atoms with Crippen molar-refractivity contribution >= 4 is 17.7 Å². The molecule has 1 fully saturated rings. The number of nitrogens with zero attached hydrogens (tertiary/aromatic N) is 1. The standard InChI is InChI=1S/C16H25N3OS/c1-16(2,17)12-18-15(20)14(13-6-4-3-5-7-13)19-8-10-21-11-9-19/h3-7,14H,8-12,17H2,1-2H3,(H,18,20). The minimum absolute atomic E-state index is 0.0478. The molecule has 0 radical (unpaired) electrons. The van der Waals surface area contributed by atoms with E-state index in [-0.39, 0.29) is 11.9 Å². The minimum Gasteiger partial charge on any atom is -0.353 e. The maximum Gasteiger partial charge on any atom is 0.242 e. The van der Waals surface area contributed by atoms with Crippen LogP contribution >= 0.6 is 11.8 Å². The number of carbonyl (C=O) groups excluding carboxylic acids is 1. The molecule has 1 unspecified atom stereocenters. The Bertz CT molecular complexity index is 452. The SMILES string of the molecule is CC(C)(N)CNC(=O)C(c1ccccc1)N1CCSCC1. The van der Waals surface area contributed by atoms with E-state index in [2.05, 4.69) is 10.2 Å². The summed E-state index contributed by atoms with van der Waals surface area (Å²) in [5.41, 5.74) is 6.63. The van der Waals surface area contributed by atoms with Crippen LogP contribution in [0, 0.1) is 0 Å². The summed E-state index contributed by atoms with van der Waals surface area (Å²) in [4.78, 5) is 14.9. The number of hydrogen-bond donors (Lipinski definition) is 2. The van der Waals surface area contributed by atoms with Crippen molar-refractivity contribution in [2.75, 3.05) is 31.1 Å². The van der Waals surface area contributed by atoms with Crippen molar-refractivity contribution < 1.29 is 4.79 Å². The normalized spacial score (nSPS) is 18.2. The average Bonchev–Trinajstić information content (AvgIpc) is 2.47. The second-order valence-corrected chi connectivity index (χ2v) is 7.39. The van der Waals surface area contributed by atoms with Crippen LogP contribution in [-0.2, 0) is 4.79 Å². The lowest BCUT2D eigenvalue weighted by Gasteiger charge is -2.34. The third-order valence-corrected chi connectivity index (χ3v) is 4.44. The number of thioether (sulfide) groups is 1. The van der Waals surface area contributed by atoms with Crippen LogP contribution in [-0.4, -0.2) is 47.5 Å². The molecular formula is C16H25N3OS. The van der Waals surface area contributed by atoms with E-state index in [1.165, 1.54) is 0 Å². The lowest BCUT2D eigenvalue weighted by molar-refractivity contribution is -0.126. The van der Waals surface area contributed by atoms with Gasteiger partial charge < -0.3 is 11.1 Å². The highest BCUT2D eigenvalue weighted by Crippen LogP contribution is 2.24. The minimum atomic E-state index is -0.394. The van der Waals surface area contributed by atoms with Gasteiger partial charge in [-0.05, 0) is 19.4 Å². The molecule has 0 aliphatic carbocycles. The lowest BCUT2D eigenvalue weighted by Crippen LogP contribution is -2.49. The summed E-state index contributed by atoms with van der Waals surface area (Å²) in [5.74, 6) is 2.21. The molecule has 5 heteroatoms. The van der Waals surface area contributed by atoms with Crippen molar-refractivity contribution in [3.05, 3.63) is 35.9 Å². The summed E-state index contributed by atoms with van der Waals surface area (Å²) in [6.45, 7) is 6.22. The molecule has 3 N–H and O–H groups in total. The molecule has 1 heterocycles. The van der Waals surface area contributed by atoms with Crippen molar-refractivity contribution in [3.8, 4) is 0 Å². The summed E-state index contributed by atoms with van der Waals surface area (Å²) in [6, 6.07) is 9.80. The molecular weight excluding hydrogens is 282 g/mol. The van der Waals surface area contributed by atoms with Gasteiger partial charge in [0.1, 0.15) is 6.04 Å². The molecule has 2 rings (SSSR count). The maximum absolute atomic E-state index is 12.7. The Morgan fingerprint density at radius 2 is 1.95 bits per heavy atom. The van der Waals surface area contributed by atoms with Crippen LogP contribution in [0.2, 0.25) is 0 Å². The Hall–Kier alpha value is -1.04. The number of hydrogen-bond acceptors (Lipinski definition) is 4. The van der Waals surface area contributed by atoms with Crippen LogP contribution in [0.15, 0.2) is 30.3 Å². The quantitative estimate of drug-likeness (QED) is 0.868. The van der Waals surface area contributed by atoms with Crippen molar-refractivity contribution in [2.24, 2.45) is 5.73 Å². The molecule has 1 aliphatic heterocycles. The molecule has 1 atom stereocenters. The molecule has 4 nitrogen and oxygen atoms in total. The zero-order chi connectivity index (χ0) is 15.3. The third kappa shape index (κ3) is 5.02. The Kier molecular flexibility index (Phi) is 5.67. The van der Waals surface area contributed by atoms with E-state index in [1.54, 1.807) is 0 Å². The Labute approximate surface area is 131 Å². The highest BCUT2D eigenvalue weighted by molar-refractivity contribution is 7.99. The molecule has 0 saturated carbocycles. The van der Waals surface area contributed by atoms with E-state index < -0.39 is 5.54 Å². The molecule has 1 aromatic carbocycles. The second-order valence-electron chi connectivity index (χ2n) is 6.17. The van der Waals surface area contributed by atoms with Gasteiger partial charge in [-0.2, -0.15) is 11.8 Å². The zero-order valence-corrected chi connectivity index (χ0v) is 13.7. The third-order valence-electron chi connectivity index (χ3n) is 3.49. The fourth-order valence-electron chi connectivity index (χ4n) is 2.41. The van der Waals surface area contributed by atoms with E-state index in [4.69, 9.17) is 5.73 Å². The first-order valence-corrected chi connectivity index (χ1v) is 8.56. The van der Waals surface area contributed by atoms with E-state index in [0.29, 0.717) is 6.54 Å². The number of benzene rings is 1. The molecule has 1 aromatic rings. The number of nitrogens with one attached hydrogen (secondary N) is 1. The number of rotatable bonds is 5. The predicted molar refractivity (Wildman–Crippen MR) is 89.4 cm³/mol. The molecule has 21 heavy (non-hydrogen) atoms. The number of amides is 1. The van der Waals surface area contributed by atoms with Crippen molar-refractivity contribution in [2.45, 2.75) is 25.4 Å². The molecule has 116 valence electrons. The van der Waals surface area contributed by atoms with E-state index >= 15 is 0 Å². The second kappa shape index (κ2) is 7.29. The van der Waals surface area contributed by atoms with Gasteiger partial charge >= 0.3 is 0 Å². The van der Waals surface area contributed by atoms with Gasteiger partial charge in [0.2, 0.25) is 5.91 Å². The van der Waals surface area contributed by atoms with Gasteiger partial charge in [0, 0.05) is 36.7 Å². The van der Waals surface area contributed by atoms with Gasteiger partial charge in [-0.25, -0.2) is 0 Å². The highest BCUT2D eigenvalue weighted by Gasteiger charge is 2.29.